The summed E-state index contributed by atoms with van der Waals surface area (Å²) < 4.78 is 26.7. The van der Waals surface area contributed by atoms with Crippen molar-refractivity contribution in [2.24, 2.45) is 0 Å². The number of hydrogen-bond donors (Lipinski definition) is 2. The van der Waals surface area contributed by atoms with Crippen molar-refractivity contribution in [2.45, 2.75) is 34.8 Å². The number of benzene rings is 2. The molecule has 0 unspecified atom stereocenters. The monoisotopic (exact) mass is 482 g/mol. The Morgan fingerprint density at radius 2 is 2.07 bits per heavy atom. The number of sulfone groups is 1. The van der Waals surface area contributed by atoms with Gasteiger partial charge in [-0.25, -0.2) is 8.42 Å². The number of fused-ring (bicyclic) bond motifs is 1. The summed E-state index contributed by atoms with van der Waals surface area (Å²) in [4.78, 5) is 25.0. The second kappa shape index (κ2) is 8.67. The molecule has 148 valence electrons. The number of thioether (sulfide) groups is 1. The lowest BCUT2D eigenvalue weighted by Gasteiger charge is -2.15. The summed E-state index contributed by atoms with van der Waals surface area (Å²) >= 11 is 4.83. The summed E-state index contributed by atoms with van der Waals surface area (Å²) in [5.74, 6) is 0.131. The van der Waals surface area contributed by atoms with Crippen LogP contribution in [-0.4, -0.2) is 31.2 Å². The van der Waals surface area contributed by atoms with Gasteiger partial charge in [0.1, 0.15) is 0 Å². The van der Waals surface area contributed by atoms with Crippen LogP contribution in [0.4, 0.5) is 11.4 Å². The van der Waals surface area contributed by atoms with Crippen LogP contribution < -0.4 is 10.6 Å². The Kier molecular flexibility index (Phi) is 6.47. The Morgan fingerprint density at radius 1 is 1.29 bits per heavy atom. The molecule has 2 amide bonds. The summed E-state index contributed by atoms with van der Waals surface area (Å²) in [5, 5.41) is 4.54. The largest absolute Gasteiger partial charge is 0.326 e. The maximum Gasteiger partial charge on any atom is 0.225 e. The van der Waals surface area contributed by atoms with Gasteiger partial charge in [0.2, 0.25) is 11.8 Å². The van der Waals surface area contributed by atoms with Crippen LogP contribution in [0, 0.1) is 0 Å². The molecule has 0 aliphatic carbocycles. The Morgan fingerprint density at radius 3 is 2.82 bits per heavy atom. The van der Waals surface area contributed by atoms with E-state index in [4.69, 9.17) is 0 Å². The van der Waals surface area contributed by atoms with Crippen molar-refractivity contribution in [3.63, 3.8) is 0 Å². The van der Waals surface area contributed by atoms with E-state index in [-0.39, 0.29) is 23.1 Å². The van der Waals surface area contributed by atoms with Gasteiger partial charge in [0.15, 0.2) is 9.84 Å². The lowest BCUT2D eigenvalue weighted by Crippen LogP contribution is -2.25. The van der Waals surface area contributed by atoms with Crippen molar-refractivity contribution in [3.8, 4) is 0 Å². The smallest absolute Gasteiger partial charge is 0.225 e. The van der Waals surface area contributed by atoms with Gasteiger partial charge in [-0.2, -0.15) is 0 Å². The van der Waals surface area contributed by atoms with Gasteiger partial charge in [-0.1, -0.05) is 22.0 Å². The summed E-state index contributed by atoms with van der Waals surface area (Å²) in [5.41, 5.74) is 1.09. The molecule has 6 nitrogen and oxygen atoms in total. The number of anilines is 2. The van der Waals surface area contributed by atoms with Crippen LogP contribution in [-0.2, 0) is 19.4 Å². The first-order chi connectivity index (χ1) is 13.3. The molecule has 0 aromatic heterocycles. The molecule has 0 saturated heterocycles. The van der Waals surface area contributed by atoms with E-state index in [9.17, 15) is 18.0 Å². The van der Waals surface area contributed by atoms with Gasteiger partial charge >= 0.3 is 0 Å². The molecule has 0 spiro atoms. The minimum absolute atomic E-state index is 0.0943. The fraction of sp³-hybridized carbons (Fsp3) is 0.263. The number of hydrogen-bond acceptors (Lipinski definition) is 5. The number of nitrogens with one attached hydrogen (secondary N) is 2. The zero-order chi connectivity index (χ0) is 20.3. The molecule has 0 radical (unpaired) electrons. The van der Waals surface area contributed by atoms with Crippen LogP contribution in [0.15, 0.2) is 56.7 Å². The van der Waals surface area contributed by atoms with Gasteiger partial charge < -0.3 is 10.6 Å². The highest BCUT2D eigenvalue weighted by molar-refractivity contribution is 9.10. The summed E-state index contributed by atoms with van der Waals surface area (Å²) in [6.45, 7) is 1.51. The molecule has 1 atom stereocenters. The molecule has 1 heterocycles. The number of rotatable bonds is 5. The lowest BCUT2D eigenvalue weighted by molar-refractivity contribution is -0.116. The van der Waals surface area contributed by atoms with Gasteiger partial charge in [-0.05, 0) is 43.3 Å². The highest BCUT2D eigenvalue weighted by atomic mass is 79.9. The van der Waals surface area contributed by atoms with Gasteiger partial charge in [0, 0.05) is 33.7 Å². The molecule has 9 heteroatoms. The molecule has 0 fully saturated rings. The molecule has 1 aliphatic rings. The van der Waals surface area contributed by atoms with Crippen LogP contribution in [0.3, 0.4) is 0 Å². The molecular formula is C19H19BrN2O4S2. The fourth-order valence-corrected chi connectivity index (χ4v) is 5.47. The van der Waals surface area contributed by atoms with Crippen molar-refractivity contribution >= 4 is 60.7 Å². The third-order valence-electron chi connectivity index (χ3n) is 4.25. The van der Waals surface area contributed by atoms with Crippen molar-refractivity contribution in [1.82, 2.24) is 0 Å². The van der Waals surface area contributed by atoms with E-state index in [0.29, 0.717) is 23.5 Å². The fourth-order valence-electron chi connectivity index (χ4n) is 2.76. The van der Waals surface area contributed by atoms with Gasteiger partial charge in [-0.3, -0.25) is 9.59 Å². The second-order valence-corrected chi connectivity index (χ2v) is 10.8. The van der Waals surface area contributed by atoms with Crippen LogP contribution in [0.5, 0.6) is 0 Å². The number of carbonyl (C=O) groups excluding carboxylic acids is 2. The average molecular weight is 483 g/mol. The topological polar surface area (TPSA) is 92.3 Å². The Bertz CT molecular complexity index is 1020. The van der Waals surface area contributed by atoms with E-state index in [1.165, 1.54) is 30.8 Å². The molecule has 2 N–H and O–H groups in total. The van der Waals surface area contributed by atoms with Gasteiger partial charge in [-0.15, -0.1) is 11.8 Å². The average Bonchev–Trinajstić information content (AvgIpc) is 2.81. The van der Waals surface area contributed by atoms with E-state index in [2.05, 4.69) is 26.6 Å². The van der Waals surface area contributed by atoms with Crippen LogP contribution in [0.25, 0.3) is 0 Å². The molecular weight excluding hydrogens is 464 g/mol. The molecule has 0 saturated carbocycles. The molecule has 2 aromatic carbocycles. The third-order valence-corrected chi connectivity index (χ3v) is 7.96. The standard InChI is InChI=1S/C19H19BrN2O4S2/c1-12(9-19(24)21-14-4-2-3-13(20)10-14)28(25,26)15-5-6-17-16(11-15)22-18(23)7-8-27-17/h2-6,10-12H,7-9H2,1H3,(H,21,24)(H,22,23)/t12-/m1/s1. The first-order valence-corrected chi connectivity index (χ1v) is 11.9. The van der Waals surface area contributed by atoms with E-state index >= 15 is 0 Å². The predicted octanol–water partition coefficient (Wildman–Crippen LogP) is 4.07. The molecule has 1 aliphatic heterocycles. The van der Waals surface area contributed by atoms with Crippen molar-refractivity contribution in [3.05, 3.63) is 46.9 Å². The number of carbonyl (C=O) groups is 2. The minimum atomic E-state index is -3.73. The summed E-state index contributed by atoms with van der Waals surface area (Å²) in [6.07, 6.45) is 0.209. The first kappa shape index (κ1) is 20.9. The number of halogens is 1. The third kappa shape index (κ3) is 4.95. The highest BCUT2D eigenvalue weighted by Gasteiger charge is 2.27. The Labute approximate surface area is 176 Å². The van der Waals surface area contributed by atoms with Crippen LogP contribution in [0.1, 0.15) is 19.8 Å². The second-order valence-electron chi connectivity index (χ2n) is 6.42. The predicted molar refractivity (Wildman–Crippen MR) is 114 cm³/mol. The molecule has 0 bridgehead atoms. The van der Waals surface area contributed by atoms with E-state index in [1.54, 1.807) is 24.3 Å². The van der Waals surface area contributed by atoms with E-state index in [0.717, 1.165) is 9.37 Å². The van der Waals surface area contributed by atoms with E-state index < -0.39 is 15.1 Å². The van der Waals surface area contributed by atoms with Crippen molar-refractivity contribution in [1.29, 1.82) is 0 Å². The summed E-state index contributed by atoms with van der Waals surface area (Å²) in [6, 6.07) is 11.8. The molecule has 28 heavy (non-hydrogen) atoms. The van der Waals surface area contributed by atoms with Gasteiger partial charge in [0.25, 0.3) is 0 Å². The molecule has 2 aromatic rings. The zero-order valence-electron chi connectivity index (χ0n) is 15.1. The quantitative estimate of drug-likeness (QED) is 0.669. The number of amides is 2. The van der Waals surface area contributed by atoms with Crippen LogP contribution in [0.2, 0.25) is 0 Å². The zero-order valence-corrected chi connectivity index (χ0v) is 18.3. The van der Waals surface area contributed by atoms with Crippen molar-refractivity contribution < 1.29 is 18.0 Å². The van der Waals surface area contributed by atoms with E-state index in [1.807, 2.05) is 6.07 Å². The SMILES string of the molecule is C[C@H](CC(=O)Nc1cccc(Br)c1)S(=O)(=O)c1ccc2c(c1)NC(=O)CCS2. The maximum absolute atomic E-state index is 12.9. The van der Waals surface area contributed by atoms with Crippen molar-refractivity contribution in [2.75, 3.05) is 16.4 Å². The first-order valence-electron chi connectivity index (χ1n) is 8.62. The Hall–Kier alpha value is -1.84. The normalized spacial score (nSPS) is 15.1. The lowest BCUT2D eigenvalue weighted by atomic mass is 10.3. The highest BCUT2D eigenvalue weighted by Crippen LogP contribution is 2.33. The Balaban J connectivity index is 1.74. The minimum Gasteiger partial charge on any atom is -0.326 e. The molecule has 3 rings (SSSR count). The van der Waals surface area contributed by atoms with Gasteiger partial charge in [0.05, 0.1) is 15.8 Å². The summed E-state index contributed by atoms with van der Waals surface area (Å²) in [7, 11) is -3.73. The van der Waals surface area contributed by atoms with Crippen LogP contribution >= 0.6 is 27.7 Å². The maximum atomic E-state index is 12.9.